The van der Waals surface area contributed by atoms with Gasteiger partial charge in [-0.1, -0.05) is 43.2 Å². The Balaban J connectivity index is 1.53. The predicted molar refractivity (Wildman–Crippen MR) is 102 cm³/mol. The van der Waals surface area contributed by atoms with Gasteiger partial charge in [0.05, 0.1) is 10.8 Å². The fourth-order valence-electron chi connectivity index (χ4n) is 2.99. The average Bonchev–Trinajstić information content (AvgIpc) is 3.09. The zero-order chi connectivity index (χ0) is 17.6. The molecule has 2 aromatic rings. The third kappa shape index (κ3) is 5.07. The first kappa shape index (κ1) is 18.5. The summed E-state index contributed by atoms with van der Waals surface area (Å²) in [5.41, 5.74) is 0.844. The van der Waals surface area contributed by atoms with Crippen LogP contribution in [0.15, 0.2) is 38.4 Å². The summed E-state index contributed by atoms with van der Waals surface area (Å²) >= 11 is 4.77. The summed E-state index contributed by atoms with van der Waals surface area (Å²) in [5, 5.41) is 11.3. The van der Waals surface area contributed by atoms with Crippen molar-refractivity contribution in [1.82, 2.24) is 15.5 Å². The van der Waals surface area contributed by atoms with Gasteiger partial charge in [0.2, 0.25) is 11.8 Å². The van der Waals surface area contributed by atoms with Crippen molar-refractivity contribution < 1.29 is 9.21 Å². The summed E-state index contributed by atoms with van der Waals surface area (Å²) < 4.78 is 6.59. The van der Waals surface area contributed by atoms with Crippen molar-refractivity contribution >= 4 is 33.6 Å². The van der Waals surface area contributed by atoms with Gasteiger partial charge in [0.25, 0.3) is 5.22 Å². The van der Waals surface area contributed by atoms with Crippen LogP contribution in [0, 0.1) is 5.92 Å². The molecule has 25 heavy (non-hydrogen) atoms. The lowest BCUT2D eigenvalue weighted by Gasteiger charge is -2.22. The number of carbonyl (C=O) groups excluding carboxylic acids is 1. The summed E-state index contributed by atoms with van der Waals surface area (Å²) in [7, 11) is 0. The Labute approximate surface area is 160 Å². The van der Waals surface area contributed by atoms with Crippen LogP contribution in [-0.2, 0) is 4.79 Å². The van der Waals surface area contributed by atoms with Crippen LogP contribution in [0.4, 0.5) is 0 Å². The molecule has 0 unspecified atom stereocenters. The standard InChI is InChI=1S/C18H22BrN3O2S/c1-12(16(23)20-11-13-7-3-2-4-8-13)25-18-22-21-17(24-18)14-9-5-6-10-15(14)19/h5-6,9-10,12-13H,2-4,7-8,11H2,1H3,(H,20,23)/t12-/m0/s1. The van der Waals surface area contributed by atoms with Gasteiger partial charge in [-0.05, 0) is 53.7 Å². The Morgan fingerprint density at radius 2 is 2.08 bits per heavy atom. The monoisotopic (exact) mass is 423 g/mol. The molecular formula is C18H22BrN3O2S. The van der Waals surface area contributed by atoms with E-state index in [1.807, 2.05) is 31.2 Å². The van der Waals surface area contributed by atoms with Gasteiger partial charge >= 0.3 is 0 Å². The summed E-state index contributed by atoms with van der Waals surface area (Å²) in [4.78, 5) is 12.3. The number of rotatable bonds is 6. The maximum absolute atomic E-state index is 12.3. The highest BCUT2D eigenvalue weighted by Gasteiger charge is 2.21. The van der Waals surface area contributed by atoms with Crippen LogP contribution in [0.1, 0.15) is 39.0 Å². The number of hydrogen-bond acceptors (Lipinski definition) is 5. The van der Waals surface area contributed by atoms with Crippen molar-refractivity contribution in [2.45, 2.75) is 49.5 Å². The van der Waals surface area contributed by atoms with Crippen molar-refractivity contribution in [2.24, 2.45) is 5.92 Å². The molecule has 1 fully saturated rings. The zero-order valence-corrected chi connectivity index (χ0v) is 16.6. The summed E-state index contributed by atoms with van der Waals surface area (Å²) in [6.07, 6.45) is 6.34. The second-order valence-corrected chi connectivity index (χ2v) is 8.51. The van der Waals surface area contributed by atoms with E-state index in [1.165, 1.54) is 43.9 Å². The van der Waals surface area contributed by atoms with Gasteiger partial charge in [0.15, 0.2) is 0 Å². The molecule has 0 radical (unpaired) electrons. The van der Waals surface area contributed by atoms with Gasteiger partial charge in [-0.3, -0.25) is 4.79 Å². The molecule has 1 saturated carbocycles. The first-order valence-corrected chi connectivity index (χ1v) is 10.3. The fourth-order valence-corrected chi connectivity index (χ4v) is 4.15. The van der Waals surface area contributed by atoms with Crippen molar-refractivity contribution in [3.05, 3.63) is 28.7 Å². The number of benzene rings is 1. The van der Waals surface area contributed by atoms with E-state index in [0.717, 1.165) is 16.6 Å². The number of nitrogens with one attached hydrogen (secondary N) is 1. The third-order valence-corrected chi connectivity index (χ3v) is 6.07. The van der Waals surface area contributed by atoms with E-state index in [1.54, 1.807) is 0 Å². The Morgan fingerprint density at radius 1 is 1.32 bits per heavy atom. The SMILES string of the molecule is C[C@H](Sc1nnc(-c2ccccc2Br)o1)C(=O)NCC1CCCCC1. The molecule has 1 aromatic heterocycles. The van der Waals surface area contributed by atoms with Crippen molar-refractivity contribution in [3.8, 4) is 11.5 Å². The molecule has 1 aliphatic rings. The highest BCUT2D eigenvalue weighted by atomic mass is 79.9. The minimum atomic E-state index is -0.267. The van der Waals surface area contributed by atoms with E-state index < -0.39 is 0 Å². The van der Waals surface area contributed by atoms with E-state index in [4.69, 9.17) is 4.42 Å². The molecule has 1 aromatic carbocycles. The molecule has 134 valence electrons. The Bertz CT molecular complexity index is 716. The average molecular weight is 424 g/mol. The number of hydrogen-bond donors (Lipinski definition) is 1. The van der Waals surface area contributed by atoms with Crippen molar-refractivity contribution in [1.29, 1.82) is 0 Å². The molecule has 1 N–H and O–H groups in total. The molecule has 1 atom stereocenters. The molecule has 0 saturated heterocycles. The highest BCUT2D eigenvalue weighted by Crippen LogP contribution is 2.30. The maximum atomic E-state index is 12.3. The van der Waals surface area contributed by atoms with Crippen molar-refractivity contribution in [2.75, 3.05) is 6.54 Å². The number of halogens is 1. The Hall–Kier alpha value is -1.34. The summed E-state index contributed by atoms with van der Waals surface area (Å²) in [5.74, 6) is 1.10. The third-order valence-electron chi connectivity index (χ3n) is 4.45. The second-order valence-electron chi connectivity index (χ2n) is 6.36. The number of aromatic nitrogens is 2. The highest BCUT2D eigenvalue weighted by molar-refractivity contribution is 9.10. The normalized spacial score (nSPS) is 16.6. The zero-order valence-electron chi connectivity index (χ0n) is 14.2. The molecule has 1 heterocycles. The molecule has 7 heteroatoms. The largest absolute Gasteiger partial charge is 0.411 e. The van der Waals surface area contributed by atoms with E-state index in [2.05, 4.69) is 31.4 Å². The molecule has 0 bridgehead atoms. The van der Waals surface area contributed by atoms with Crippen LogP contribution < -0.4 is 5.32 Å². The van der Waals surface area contributed by atoms with E-state index in [0.29, 0.717) is 17.0 Å². The molecule has 0 aliphatic heterocycles. The lowest BCUT2D eigenvalue weighted by molar-refractivity contribution is -0.120. The molecule has 0 spiro atoms. The van der Waals surface area contributed by atoms with Crippen LogP contribution in [-0.4, -0.2) is 27.9 Å². The molecule has 1 amide bonds. The van der Waals surface area contributed by atoms with Gasteiger partial charge in [0.1, 0.15) is 0 Å². The fraction of sp³-hybridized carbons (Fsp3) is 0.500. The van der Waals surface area contributed by atoms with Gasteiger partial charge in [0, 0.05) is 11.0 Å². The predicted octanol–water partition coefficient (Wildman–Crippen LogP) is 4.68. The van der Waals surface area contributed by atoms with Crippen LogP contribution in [0.2, 0.25) is 0 Å². The summed E-state index contributed by atoms with van der Waals surface area (Å²) in [6.45, 7) is 2.64. The lowest BCUT2D eigenvalue weighted by Crippen LogP contribution is -2.35. The van der Waals surface area contributed by atoms with Crippen LogP contribution >= 0.6 is 27.7 Å². The first-order chi connectivity index (χ1) is 12.1. The number of amides is 1. The topological polar surface area (TPSA) is 68.0 Å². The maximum Gasteiger partial charge on any atom is 0.277 e. The summed E-state index contributed by atoms with van der Waals surface area (Å²) in [6, 6.07) is 7.68. The minimum Gasteiger partial charge on any atom is -0.411 e. The number of thioether (sulfide) groups is 1. The van der Waals surface area contributed by atoms with E-state index in [9.17, 15) is 4.79 Å². The van der Waals surface area contributed by atoms with Crippen molar-refractivity contribution in [3.63, 3.8) is 0 Å². The molecule has 3 rings (SSSR count). The number of carbonyl (C=O) groups is 1. The first-order valence-electron chi connectivity index (χ1n) is 8.66. The van der Waals surface area contributed by atoms with Crippen LogP contribution in [0.25, 0.3) is 11.5 Å². The van der Waals surface area contributed by atoms with Gasteiger partial charge in [-0.25, -0.2) is 0 Å². The second kappa shape index (κ2) is 8.85. The minimum absolute atomic E-state index is 0.0243. The Kier molecular flexibility index (Phi) is 6.53. The van der Waals surface area contributed by atoms with Gasteiger partial charge < -0.3 is 9.73 Å². The van der Waals surface area contributed by atoms with E-state index >= 15 is 0 Å². The molecule has 5 nitrogen and oxygen atoms in total. The van der Waals surface area contributed by atoms with Gasteiger partial charge in [-0.2, -0.15) is 0 Å². The van der Waals surface area contributed by atoms with E-state index in [-0.39, 0.29) is 11.2 Å². The van der Waals surface area contributed by atoms with Gasteiger partial charge in [-0.15, -0.1) is 10.2 Å². The molecule has 1 aliphatic carbocycles. The smallest absolute Gasteiger partial charge is 0.277 e. The lowest BCUT2D eigenvalue weighted by atomic mass is 9.89. The van der Waals surface area contributed by atoms with Crippen LogP contribution in [0.5, 0.6) is 0 Å². The van der Waals surface area contributed by atoms with Crippen LogP contribution in [0.3, 0.4) is 0 Å². The molecular weight excluding hydrogens is 402 g/mol. The number of nitrogens with zero attached hydrogens (tertiary/aromatic N) is 2. The quantitative estimate of drug-likeness (QED) is 0.683. The Morgan fingerprint density at radius 3 is 2.84 bits per heavy atom.